The standard InChI is InChI=1S/C32H26O6S2/c1-17-13-25-19(3)31(37-27(25)15-29(17)39(33)34)23-9-5-21(6-10-23)22-7-11-24(12-8-22)32-20(4)26-14-18(2)30(40(35)36)16-28(26)38-32/h5-16H,1-4H3,(H,33,34)(H,35,36)/p-2. The lowest BCUT2D eigenvalue weighted by atomic mass is 9.99. The highest BCUT2D eigenvalue weighted by molar-refractivity contribution is 7.79. The van der Waals surface area contributed by atoms with Gasteiger partial charge in [0.15, 0.2) is 0 Å². The van der Waals surface area contributed by atoms with E-state index in [9.17, 15) is 17.5 Å². The average Bonchev–Trinajstić information content (AvgIpc) is 3.43. The zero-order chi connectivity index (χ0) is 28.3. The molecule has 0 radical (unpaired) electrons. The maximum atomic E-state index is 11.5. The van der Waals surface area contributed by atoms with E-state index in [4.69, 9.17) is 8.83 Å². The fraction of sp³-hybridized carbons (Fsp3) is 0.125. The van der Waals surface area contributed by atoms with Crippen molar-refractivity contribution in [1.29, 1.82) is 0 Å². The van der Waals surface area contributed by atoms with Crippen LogP contribution in [0.15, 0.2) is 91.4 Å². The molecule has 0 aliphatic carbocycles. The van der Waals surface area contributed by atoms with Gasteiger partial charge in [0.2, 0.25) is 0 Å². The molecule has 202 valence electrons. The molecule has 8 heteroatoms. The molecule has 0 bridgehead atoms. The third kappa shape index (κ3) is 4.43. The third-order valence-electron chi connectivity index (χ3n) is 7.45. The summed E-state index contributed by atoms with van der Waals surface area (Å²) in [5, 5.41) is 1.80. The van der Waals surface area contributed by atoms with E-state index in [0.717, 1.165) is 44.2 Å². The molecule has 2 atom stereocenters. The lowest BCUT2D eigenvalue weighted by molar-refractivity contribution is 0.534. The van der Waals surface area contributed by atoms with Crippen LogP contribution in [0, 0.1) is 27.7 Å². The Morgan fingerprint density at radius 2 is 0.850 bits per heavy atom. The molecule has 0 amide bonds. The Hall–Kier alpha value is -3.82. The van der Waals surface area contributed by atoms with Crippen molar-refractivity contribution in [3.8, 4) is 33.8 Å². The summed E-state index contributed by atoms with van der Waals surface area (Å²) in [6, 6.07) is 23.0. The van der Waals surface area contributed by atoms with Crippen molar-refractivity contribution in [1.82, 2.24) is 0 Å². The van der Waals surface area contributed by atoms with E-state index in [1.165, 1.54) is 0 Å². The van der Waals surface area contributed by atoms with Crippen LogP contribution in [-0.4, -0.2) is 17.5 Å². The molecule has 6 nitrogen and oxygen atoms in total. The quantitative estimate of drug-likeness (QED) is 0.196. The number of aryl methyl sites for hydroxylation is 4. The topological polar surface area (TPSA) is 107 Å². The van der Waals surface area contributed by atoms with Gasteiger partial charge in [0.1, 0.15) is 22.7 Å². The first-order valence-electron chi connectivity index (χ1n) is 12.6. The Morgan fingerprint density at radius 1 is 0.525 bits per heavy atom. The first-order chi connectivity index (χ1) is 19.1. The predicted molar refractivity (Wildman–Crippen MR) is 156 cm³/mol. The zero-order valence-corrected chi connectivity index (χ0v) is 23.8. The summed E-state index contributed by atoms with van der Waals surface area (Å²) in [7, 11) is 0. The third-order valence-corrected chi connectivity index (χ3v) is 9.05. The smallest absolute Gasteiger partial charge is 0.138 e. The molecule has 4 aromatic carbocycles. The number of fused-ring (bicyclic) bond motifs is 2. The van der Waals surface area contributed by atoms with Crippen molar-refractivity contribution in [2.75, 3.05) is 0 Å². The van der Waals surface area contributed by atoms with E-state index in [-0.39, 0.29) is 9.79 Å². The van der Waals surface area contributed by atoms with Crippen LogP contribution < -0.4 is 0 Å². The van der Waals surface area contributed by atoms with Crippen LogP contribution in [0.2, 0.25) is 0 Å². The van der Waals surface area contributed by atoms with Gasteiger partial charge in [-0.05, 0) is 96.4 Å². The molecule has 0 saturated heterocycles. The molecule has 2 aromatic heterocycles. The number of furan rings is 2. The molecular weight excluding hydrogens is 544 g/mol. The normalized spacial score (nSPS) is 13.2. The maximum Gasteiger partial charge on any atom is 0.138 e. The summed E-state index contributed by atoms with van der Waals surface area (Å²) in [5.41, 5.74) is 8.26. The molecule has 0 aliphatic heterocycles. The van der Waals surface area contributed by atoms with Crippen LogP contribution in [0.1, 0.15) is 22.3 Å². The summed E-state index contributed by atoms with van der Waals surface area (Å²) >= 11 is -4.65. The Morgan fingerprint density at radius 3 is 1.18 bits per heavy atom. The van der Waals surface area contributed by atoms with E-state index in [2.05, 4.69) is 0 Å². The van der Waals surface area contributed by atoms with Gasteiger partial charge in [-0.2, -0.15) is 0 Å². The lowest BCUT2D eigenvalue weighted by Gasteiger charge is -2.08. The second-order valence-electron chi connectivity index (χ2n) is 9.96. The van der Waals surface area contributed by atoms with Gasteiger partial charge >= 0.3 is 0 Å². The van der Waals surface area contributed by atoms with Crippen molar-refractivity contribution in [3.63, 3.8) is 0 Å². The minimum Gasteiger partial charge on any atom is -0.768 e. The van der Waals surface area contributed by atoms with Gasteiger partial charge in [0.05, 0.1) is 0 Å². The van der Waals surface area contributed by atoms with E-state index < -0.39 is 22.2 Å². The summed E-state index contributed by atoms with van der Waals surface area (Å²) in [6.45, 7) is 7.51. The van der Waals surface area contributed by atoms with E-state index in [1.807, 2.05) is 74.5 Å². The Kier molecular flexibility index (Phi) is 6.59. The first-order valence-corrected chi connectivity index (χ1v) is 14.7. The minimum atomic E-state index is -2.32. The minimum absolute atomic E-state index is 0.239. The molecule has 2 unspecified atom stereocenters. The zero-order valence-electron chi connectivity index (χ0n) is 22.2. The highest BCUT2D eigenvalue weighted by atomic mass is 32.2. The number of hydrogen-bond donors (Lipinski definition) is 0. The summed E-state index contributed by atoms with van der Waals surface area (Å²) in [6.07, 6.45) is 0. The van der Waals surface area contributed by atoms with Crippen molar-refractivity contribution >= 4 is 44.1 Å². The molecule has 6 aromatic rings. The van der Waals surface area contributed by atoms with Crippen LogP contribution in [-0.2, 0) is 22.2 Å². The van der Waals surface area contributed by atoms with Gasteiger partial charge in [-0.15, -0.1) is 0 Å². The van der Waals surface area contributed by atoms with Gasteiger partial charge < -0.3 is 17.9 Å². The molecule has 0 saturated carbocycles. The first kappa shape index (κ1) is 26.4. The number of hydrogen-bond acceptors (Lipinski definition) is 6. The average molecular weight is 569 g/mol. The maximum absolute atomic E-state index is 11.5. The van der Waals surface area contributed by atoms with E-state index >= 15 is 0 Å². The fourth-order valence-corrected chi connectivity index (χ4v) is 6.30. The Balaban J connectivity index is 1.30. The molecule has 0 aliphatic rings. The number of rotatable bonds is 5. The monoisotopic (exact) mass is 568 g/mol. The molecule has 2 heterocycles. The van der Waals surface area contributed by atoms with Crippen LogP contribution >= 0.6 is 0 Å². The van der Waals surface area contributed by atoms with Gasteiger partial charge in [-0.25, -0.2) is 0 Å². The molecule has 0 N–H and O–H groups in total. The molecule has 0 fully saturated rings. The van der Waals surface area contributed by atoms with Crippen molar-refractivity contribution in [2.45, 2.75) is 37.5 Å². The summed E-state index contributed by atoms with van der Waals surface area (Å²) < 4.78 is 58.3. The van der Waals surface area contributed by atoms with Gasteiger partial charge in [-0.1, -0.05) is 48.5 Å². The summed E-state index contributed by atoms with van der Waals surface area (Å²) in [5.74, 6) is 1.43. The largest absolute Gasteiger partial charge is 0.768 e. The summed E-state index contributed by atoms with van der Waals surface area (Å²) in [4.78, 5) is 0.478. The predicted octanol–water partition coefficient (Wildman–Crippen LogP) is 7.89. The van der Waals surface area contributed by atoms with Crippen LogP contribution in [0.4, 0.5) is 0 Å². The Bertz CT molecular complexity index is 1830. The van der Waals surface area contributed by atoms with Crippen molar-refractivity contribution in [2.24, 2.45) is 0 Å². The highest BCUT2D eigenvalue weighted by Gasteiger charge is 2.17. The van der Waals surface area contributed by atoms with Crippen molar-refractivity contribution < 1.29 is 26.4 Å². The Labute approximate surface area is 236 Å². The SMILES string of the molecule is Cc1cc2c(C)c(-c3ccc(-c4ccc(-c5oc6cc(S(=O)[O-])c(C)cc6c5C)cc4)cc3)oc2cc1S(=O)[O-]. The van der Waals surface area contributed by atoms with Crippen LogP contribution in [0.3, 0.4) is 0 Å². The van der Waals surface area contributed by atoms with Crippen LogP contribution in [0.25, 0.3) is 55.7 Å². The van der Waals surface area contributed by atoms with Gasteiger partial charge in [0, 0.05) is 42.8 Å². The fourth-order valence-electron chi connectivity index (χ4n) is 5.25. The van der Waals surface area contributed by atoms with Crippen molar-refractivity contribution in [3.05, 3.63) is 95.1 Å². The molecule has 40 heavy (non-hydrogen) atoms. The van der Waals surface area contributed by atoms with Crippen LogP contribution in [0.5, 0.6) is 0 Å². The lowest BCUT2D eigenvalue weighted by Crippen LogP contribution is -1.92. The van der Waals surface area contributed by atoms with Gasteiger partial charge in [-0.3, -0.25) is 8.42 Å². The highest BCUT2D eigenvalue weighted by Crippen LogP contribution is 2.38. The molecule has 6 rings (SSSR count). The second-order valence-corrected chi connectivity index (χ2v) is 11.8. The molecule has 0 spiro atoms. The van der Waals surface area contributed by atoms with E-state index in [0.29, 0.717) is 33.8 Å². The van der Waals surface area contributed by atoms with Gasteiger partial charge in [0.25, 0.3) is 0 Å². The number of benzene rings is 4. The second kappa shape index (κ2) is 9.98. The van der Waals surface area contributed by atoms with E-state index in [1.54, 1.807) is 26.0 Å². The molecular formula is C32H24O6S2-2.